The van der Waals surface area contributed by atoms with Crippen LogP contribution in [0.4, 0.5) is 8.78 Å². The van der Waals surface area contributed by atoms with Gasteiger partial charge in [-0.25, -0.2) is 18.4 Å². The van der Waals surface area contributed by atoms with Crippen molar-refractivity contribution in [3.8, 4) is 0 Å². The van der Waals surface area contributed by atoms with Crippen LogP contribution in [0.1, 0.15) is 84.0 Å². The molecular weight excluding hydrogens is 494 g/mol. The number of aliphatic hydroxyl groups is 2. The molecule has 2 saturated carbocycles. The minimum Gasteiger partial charge on any atom is -0.462 e. The molecule has 2 aliphatic carbocycles. The predicted octanol–water partition coefficient (Wildman–Crippen LogP) is 6.13. The van der Waals surface area contributed by atoms with E-state index in [1.54, 1.807) is 0 Å². The summed E-state index contributed by atoms with van der Waals surface area (Å²) < 4.78 is 40.8. The number of unbranched alkanes of at least 4 members (excludes halogenated alkanes) is 2. The molecule has 38 heavy (non-hydrogen) atoms. The molecule has 0 aromatic rings. The summed E-state index contributed by atoms with van der Waals surface area (Å²) >= 11 is 0. The van der Waals surface area contributed by atoms with Crippen LogP contribution in [-0.2, 0) is 19.1 Å². The summed E-state index contributed by atoms with van der Waals surface area (Å²) in [7, 11) is 0. The number of hydrogen-bond donors (Lipinski definition) is 2. The zero-order chi connectivity index (χ0) is 28.1. The fourth-order valence-corrected chi connectivity index (χ4v) is 5.64. The van der Waals surface area contributed by atoms with E-state index < -0.39 is 42.7 Å². The van der Waals surface area contributed by atoms with Gasteiger partial charge in [0, 0.05) is 17.8 Å². The van der Waals surface area contributed by atoms with Crippen molar-refractivity contribution in [2.45, 2.75) is 84.0 Å². The van der Waals surface area contributed by atoms with E-state index in [-0.39, 0.29) is 42.1 Å². The molecule has 0 unspecified atom stereocenters. The lowest BCUT2D eigenvalue weighted by Crippen LogP contribution is -2.31. The second kappa shape index (κ2) is 16.8. The third kappa shape index (κ3) is 9.92. The quantitative estimate of drug-likeness (QED) is 0.147. The van der Waals surface area contributed by atoms with Gasteiger partial charge in [-0.15, -0.1) is 0 Å². The van der Waals surface area contributed by atoms with Gasteiger partial charge in [-0.2, -0.15) is 0 Å². The fourth-order valence-electron chi connectivity index (χ4n) is 5.64. The third-order valence-corrected chi connectivity index (χ3v) is 8.26. The van der Waals surface area contributed by atoms with Crippen LogP contribution in [0.2, 0.25) is 0 Å². The average Bonchev–Trinajstić information content (AvgIpc) is 2.95. The standard InChI is InChI=1S/C30H46F2O6/c1-4-5-6-7-22-8-10-24(11-9-22)27(31)28(32)25-14-12-23(13-15-25)26(18-37-29(35)20(2)16-33)19-38-30(36)21(3)17-34/h22-26,33-34H,2-19H2,1H3/b28-27+. The van der Waals surface area contributed by atoms with Crippen molar-refractivity contribution >= 4 is 11.9 Å². The summed E-state index contributed by atoms with van der Waals surface area (Å²) in [4.78, 5) is 23.9. The van der Waals surface area contributed by atoms with Crippen molar-refractivity contribution in [3.63, 3.8) is 0 Å². The second-order valence-corrected chi connectivity index (χ2v) is 11.0. The van der Waals surface area contributed by atoms with E-state index in [4.69, 9.17) is 19.7 Å². The van der Waals surface area contributed by atoms with Crippen LogP contribution in [-0.4, -0.2) is 48.6 Å². The summed E-state index contributed by atoms with van der Waals surface area (Å²) in [6.07, 6.45) is 10.2. The molecule has 2 rings (SSSR count). The first-order valence-corrected chi connectivity index (χ1v) is 14.2. The summed E-state index contributed by atoms with van der Waals surface area (Å²) in [5, 5.41) is 18.2. The van der Waals surface area contributed by atoms with Crippen LogP contribution in [0.5, 0.6) is 0 Å². The Morgan fingerprint density at radius 2 is 1.24 bits per heavy atom. The zero-order valence-corrected chi connectivity index (χ0v) is 22.9. The molecule has 0 aromatic heterocycles. The van der Waals surface area contributed by atoms with Gasteiger partial charge < -0.3 is 19.7 Å². The van der Waals surface area contributed by atoms with Crippen molar-refractivity contribution in [1.29, 1.82) is 0 Å². The van der Waals surface area contributed by atoms with Crippen LogP contribution in [0.15, 0.2) is 36.0 Å². The molecule has 0 atom stereocenters. The summed E-state index contributed by atoms with van der Waals surface area (Å²) in [6.45, 7) is 7.88. The second-order valence-electron chi connectivity index (χ2n) is 11.0. The summed E-state index contributed by atoms with van der Waals surface area (Å²) in [5.74, 6) is -3.22. The lowest BCUT2D eigenvalue weighted by Gasteiger charge is -2.34. The van der Waals surface area contributed by atoms with Gasteiger partial charge in [-0.3, -0.25) is 0 Å². The maximum Gasteiger partial charge on any atom is 0.335 e. The Bertz CT molecular complexity index is 791. The molecule has 0 aliphatic heterocycles. The summed E-state index contributed by atoms with van der Waals surface area (Å²) in [6, 6.07) is 0. The number of hydrogen-bond acceptors (Lipinski definition) is 6. The SMILES string of the molecule is C=C(CO)C(=O)OCC(COC(=O)C(=C)CO)C1CCC(/C(F)=C(\F)C2CCC(CCCCC)CC2)CC1. The molecule has 2 aliphatic rings. The minimum absolute atomic E-state index is 0.0361. The lowest BCUT2D eigenvalue weighted by molar-refractivity contribution is -0.146. The largest absolute Gasteiger partial charge is 0.462 e. The number of esters is 2. The monoisotopic (exact) mass is 540 g/mol. The molecule has 0 aromatic carbocycles. The van der Waals surface area contributed by atoms with Crippen molar-refractivity contribution in [3.05, 3.63) is 36.0 Å². The molecule has 0 amide bonds. The highest BCUT2D eigenvalue weighted by atomic mass is 19.2. The fraction of sp³-hybridized carbons (Fsp3) is 0.733. The number of halogens is 2. The number of carbonyl (C=O) groups excluding carboxylic acids is 2. The van der Waals surface area contributed by atoms with E-state index in [0.717, 1.165) is 12.8 Å². The van der Waals surface area contributed by atoms with E-state index in [0.29, 0.717) is 44.4 Å². The first kappa shape index (κ1) is 32.2. The summed E-state index contributed by atoms with van der Waals surface area (Å²) in [5.41, 5.74) is -0.174. The number of allylic oxidation sites excluding steroid dienone is 2. The number of ether oxygens (including phenoxy) is 2. The van der Waals surface area contributed by atoms with Gasteiger partial charge in [0.05, 0.1) is 37.6 Å². The number of carbonyl (C=O) groups is 2. The Hall–Kier alpha value is -2.06. The van der Waals surface area contributed by atoms with Crippen molar-refractivity contribution in [1.82, 2.24) is 0 Å². The van der Waals surface area contributed by atoms with Gasteiger partial charge in [0.25, 0.3) is 0 Å². The Labute approximate surface area is 226 Å². The predicted molar refractivity (Wildman–Crippen MR) is 142 cm³/mol. The first-order valence-electron chi connectivity index (χ1n) is 14.2. The molecule has 2 fully saturated rings. The van der Waals surface area contributed by atoms with E-state index in [1.165, 1.54) is 25.7 Å². The van der Waals surface area contributed by atoms with Gasteiger partial charge in [0.1, 0.15) is 11.7 Å². The molecule has 0 radical (unpaired) electrons. The Kier molecular flexibility index (Phi) is 14.2. The Morgan fingerprint density at radius 3 is 1.66 bits per heavy atom. The first-order chi connectivity index (χ1) is 18.2. The molecule has 6 nitrogen and oxygen atoms in total. The van der Waals surface area contributed by atoms with E-state index in [1.807, 2.05) is 0 Å². The van der Waals surface area contributed by atoms with Crippen molar-refractivity contribution < 1.29 is 38.1 Å². The molecule has 0 bridgehead atoms. The van der Waals surface area contributed by atoms with Crippen molar-refractivity contribution in [2.75, 3.05) is 26.4 Å². The van der Waals surface area contributed by atoms with Crippen molar-refractivity contribution in [2.24, 2.45) is 29.6 Å². The highest BCUT2D eigenvalue weighted by Gasteiger charge is 2.34. The third-order valence-electron chi connectivity index (χ3n) is 8.26. The molecular formula is C30H46F2O6. The minimum atomic E-state index is -0.742. The Balaban J connectivity index is 1.93. The normalized spacial score (nSPS) is 24.5. The van der Waals surface area contributed by atoms with E-state index >= 15 is 8.78 Å². The van der Waals surface area contributed by atoms with Crippen LogP contribution in [0, 0.1) is 29.6 Å². The van der Waals surface area contributed by atoms with Gasteiger partial charge in [-0.05, 0) is 63.2 Å². The molecule has 216 valence electrons. The highest BCUT2D eigenvalue weighted by Crippen LogP contribution is 2.43. The van der Waals surface area contributed by atoms with Gasteiger partial charge in [0.2, 0.25) is 0 Å². The molecule has 8 heteroatoms. The van der Waals surface area contributed by atoms with Gasteiger partial charge in [-0.1, -0.05) is 45.8 Å². The van der Waals surface area contributed by atoms with E-state index in [2.05, 4.69) is 20.1 Å². The molecule has 0 spiro atoms. The topological polar surface area (TPSA) is 93.1 Å². The molecule has 0 saturated heterocycles. The Morgan fingerprint density at radius 1 is 0.789 bits per heavy atom. The van der Waals surface area contributed by atoms with Crippen LogP contribution >= 0.6 is 0 Å². The van der Waals surface area contributed by atoms with Gasteiger partial charge in [0.15, 0.2) is 0 Å². The van der Waals surface area contributed by atoms with Gasteiger partial charge >= 0.3 is 11.9 Å². The average molecular weight is 541 g/mol. The van der Waals surface area contributed by atoms with Crippen LogP contribution < -0.4 is 0 Å². The number of aliphatic hydroxyl groups excluding tert-OH is 2. The van der Waals surface area contributed by atoms with Crippen LogP contribution in [0.25, 0.3) is 0 Å². The maximum atomic E-state index is 15.2. The smallest absolute Gasteiger partial charge is 0.335 e. The van der Waals surface area contributed by atoms with E-state index in [9.17, 15) is 9.59 Å². The molecule has 2 N–H and O–H groups in total. The zero-order valence-electron chi connectivity index (χ0n) is 22.9. The van der Waals surface area contributed by atoms with Crippen LogP contribution in [0.3, 0.4) is 0 Å². The highest BCUT2D eigenvalue weighted by molar-refractivity contribution is 5.88. The lowest BCUT2D eigenvalue weighted by atomic mass is 9.74. The number of rotatable bonds is 15. The maximum absolute atomic E-state index is 15.2. The molecule has 0 heterocycles.